The monoisotopic (exact) mass is 188 g/mol. The molecular weight excluding hydrogens is 176 g/mol. The van der Waals surface area contributed by atoms with Gasteiger partial charge in [-0.2, -0.15) is 0 Å². The van der Waals surface area contributed by atoms with E-state index < -0.39 is 10.0 Å². The summed E-state index contributed by atoms with van der Waals surface area (Å²) in [4.78, 5) is 2.09. The van der Waals surface area contributed by atoms with Gasteiger partial charge in [-0.3, -0.25) is 4.72 Å². The van der Waals surface area contributed by atoms with Crippen LogP contribution < -0.4 is 4.72 Å². The van der Waals surface area contributed by atoms with E-state index in [1.54, 1.807) is 0 Å². The van der Waals surface area contributed by atoms with Crippen molar-refractivity contribution in [3.05, 3.63) is 11.9 Å². The van der Waals surface area contributed by atoms with E-state index in [9.17, 15) is 8.42 Å². The van der Waals surface area contributed by atoms with Crippen LogP contribution >= 0.6 is 0 Å². The lowest BCUT2D eigenvalue weighted by molar-refractivity contribution is 0.316. The quantitative estimate of drug-likeness (QED) is 0.575. The zero-order valence-corrected chi connectivity index (χ0v) is 7.60. The average molecular weight is 188 g/mol. The Morgan fingerprint density at radius 3 is 3.08 bits per heavy atom. The Bertz CT molecular complexity index is 307. The van der Waals surface area contributed by atoms with Crippen molar-refractivity contribution in [1.82, 2.24) is 9.62 Å². The van der Waals surface area contributed by atoms with Crippen molar-refractivity contribution in [2.75, 3.05) is 18.8 Å². The van der Waals surface area contributed by atoms with Crippen molar-refractivity contribution < 1.29 is 8.42 Å². The molecule has 68 valence electrons. The number of sulfonamides is 1. The number of hydrogen-bond acceptors (Lipinski definition) is 3. The van der Waals surface area contributed by atoms with Gasteiger partial charge in [-0.1, -0.05) is 0 Å². The molecule has 0 atom stereocenters. The molecule has 0 aromatic rings. The number of rotatable bonds is 0. The van der Waals surface area contributed by atoms with Crippen molar-refractivity contribution in [2.45, 2.75) is 12.8 Å². The first kappa shape index (κ1) is 7.91. The van der Waals surface area contributed by atoms with Gasteiger partial charge in [-0.25, -0.2) is 8.42 Å². The van der Waals surface area contributed by atoms with Gasteiger partial charge in [0.15, 0.2) is 0 Å². The van der Waals surface area contributed by atoms with E-state index in [1.165, 1.54) is 0 Å². The topological polar surface area (TPSA) is 49.4 Å². The smallest absolute Gasteiger partial charge is 0.235 e. The number of hydrogen-bond donors (Lipinski definition) is 1. The molecule has 0 spiro atoms. The summed E-state index contributed by atoms with van der Waals surface area (Å²) < 4.78 is 24.8. The highest BCUT2D eigenvalue weighted by molar-refractivity contribution is 7.89. The Balaban J connectivity index is 2.23. The fourth-order valence-electron chi connectivity index (χ4n) is 1.55. The maximum absolute atomic E-state index is 11.1. The number of nitrogens with zero attached hydrogens (tertiary/aromatic N) is 1. The summed E-state index contributed by atoms with van der Waals surface area (Å²) in [7, 11) is -3.01. The minimum Gasteiger partial charge on any atom is -0.357 e. The van der Waals surface area contributed by atoms with Crippen LogP contribution in [0.15, 0.2) is 11.9 Å². The van der Waals surface area contributed by atoms with Crippen molar-refractivity contribution in [2.24, 2.45) is 0 Å². The van der Waals surface area contributed by atoms with Gasteiger partial charge in [0.05, 0.1) is 5.75 Å². The summed E-state index contributed by atoms with van der Waals surface area (Å²) in [5.41, 5.74) is 0. The normalized spacial score (nSPS) is 27.0. The summed E-state index contributed by atoms with van der Waals surface area (Å²) in [6.07, 6.45) is 4.07. The molecule has 0 bridgehead atoms. The molecule has 2 heterocycles. The van der Waals surface area contributed by atoms with Gasteiger partial charge in [-0.15, -0.1) is 0 Å². The van der Waals surface area contributed by atoms with Gasteiger partial charge in [-0.05, 0) is 18.9 Å². The van der Waals surface area contributed by atoms with Crippen LogP contribution in [0.3, 0.4) is 0 Å². The summed E-state index contributed by atoms with van der Waals surface area (Å²) in [6.45, 7) is 1.62. The van der Waals surface area contributed by atoms with Gasteiger partial charge in [0.1, 0.15) is 5.82 Å². The zero-order chi connectivity index (χ0) is 8.60. The highest BCUT2D eigenvalue weighted by Crippen LogP contribution is 2.16. The summed E-state index contributed by atoms with van der Waals surface area (Å²) >= 11 is 0. The molecule has 0 radical (unpaired) electrons. The fourth-order valence-corrected chi connectivity index (χ4v) is 2.64. The minimum atomic E-state index is -3.01. The molecule has 4 nitrogen and oxygen atoms in total. The van der Waals surface area contributed by atoms with Crippen LogP contribution in [0.5, 0.6) is 0 Å². The van der Waals surface area contributed by atoms with E-state index in [2.05, 4.69) is 9.62 Å². The SMILES string of the molecule is O=S1(=O)CCN2CCCC=C2N1. The van der Waals surface area contributed by atoms with Crippen molar-refractivity contribution >= 4 is 10.0 Å². The number of allylic oxidation sites excluding steroid dienone is 1. The van der Waals surface area contributed by atoms with Gasteiger partial charge < -0.3 is 4.90 Å². The molecule has 0 aliphatic carbocycles. The molecule has 1 fully saturated rings. The number of nitrogens with one attached hydrogen (secondary N) is 1. The van der Waals surface area contributed by atoms with E-state index in [0.29, 0.717) is 6.54 Å². The maximum atomic E-state index is 11.1. The molecule has 0 aromatic heterocycles. The van der Waals surface area contributed by atoms with Crippen LogP contribution in [0.4, 0.5) is 0 Å². The van der Waals surface area contributed by atoms with Crippen molar-refractivity contribution in [3.8, 4) is 0 Å². The highest BCUT2D eigenvalue weighted by Gasteiger charge is 2.25. The van der Waals surface area contributed by atoms with E-state index in [4.69, 9.17) is 0 Å². The van der Waals surface area contributed by atoms with Crippen LogP contribution in [0, 0.1) is 0 Å². The zero-order valence-electron chi connectivity index (χ0n) is 6.78. The van der Waals surface area contributed by atoms with Crippen LogP contribution in [0.25, 0.3) is 0 Å². The average Bonchev–Trinajstić information content (AvgIpc) is 2.02. The second-order valence-corrected chi connectivity index (χ2v) is 4.98. The first-order chi connectivity index (χ1) is 5.67. The van der Waals surface area contributed by atoms with Crippen molar-refractivity contribution in [3.63, 3.8) is 0 Å². The van der Waals surface area contributed by atoms with E-state index in [0.717, 1.165) is 25.2 Å². The largest absolute Gasteiger partial charge is 0.357 e. The van der Waals surface area contributed by atoms with Crippen LogP contribution in [0.1, 0.15) is 12.8 Å². The first-order valence-electron chi connectivity index (χ1n) is 4.13. The van der Waals surface area contributed by atoms with Crippen LogP contribution in [-0.2, 0) is 10.0 Å². The third-order valence-corrected chi connectivity index (χ3v) is 3.44. The third-order valence-electron chi connectivity index (χ3n) is 2.20. The molecule has 0 unspecified atom stereocenters. The first-order valence-corrected chi connectivity index (χ1v) is 5.78. The predicted molar refractivity (Wildman–Crippen MR) is 45.8 cm³/mol. The Morgan fingerprint density at radius 1 is 1.42 bits per heavy atom. The number of fused-ring (bicyclic) bond motifs is 1. The molecule has 2 aliphatic heterocycles. The molecule has 5 heteroatoms. The molecule has 12 heavy (non-hydrogen) atoms. The fraction of sp³-hybridized carbons (Fsp3) is 0.714. The lowest BCUT2D eigenvalue weighted by Gasteiger charge is -2.34. The lowest BCUT2D eigenvalue weighted by atomic mass is 10.2. The molecule has 0 saturated carbocycles. The molecular formula is C7H12N2O2S. The standard InChI is InChI=1S/C7H12N2O2S/c10-12(11)6-5-9-4-2-1-3-7(9)8-12/h3,8H,1-2,4-6H2. The molecule has 1 saturated heterocycles. The van der Waals surface area contributed by atoms with Crippen LogP contribution in [0.2, 0.25) is 0 Å². The second-order valence-electron chi connectivity index (χ2n) is 3.14. The molecule has 1 N–H and O–H groups in total. The van der Waals surface area contributed by atoms with E-state index in [-0.39, 0.29) is 5.75 Å². The molecule has 2 aliphatic rings. The van der Waals surface area contributed by atoms with Crippen LogP contribution in [-0.4, -0.2) is 32.2 Å². The van der Waals surface area contributed by atoms with E-state index in [1.807, 2.05) is 6.08 Å². The minimum absolute atomic E-state index is 0.227. The lowest BCUT2D eigenvalue weighted by Crippen LogP contribution is -2.46. The highest BCUT2D eigenvalue weighted by atomic mass is 32.2. The van der Waals surface area contributed by atoms with Gasteiger partial charge in [0.25, 0.3) is 0 Å². The predicted octanol–water partition coefficient (Wildman–Crippen LogP) is -0.143. The van der Waals surface area contributed by atoms with Gasteiger partial charge in [0.2, 0.25) is 10.0 Å². The Morgan fingerprint density at radius 2 is 2.25 bits per heavy atom. The third kappa shape index (κ3) is 1.41. The van der Waals surface area contributed by atoms with Gasteiger partial charge in [0, 0.05) is 13.1 Å². The molecule has 2 rings (SSSR count). The van der Waals surface area contributed by atoms with Gasteiger partial charge >= 0.3 is 0 Å². The second kappa shape index (κ2) is 2.65. The maximum Gasteiger partial charge on any atom is 0.235 e. The molecule has 0 aromatic carbocycles. The Kier molecular flexibility index (Phi) is 1.75. The summed E-state index contributed by atoms with van der Waals surface area (Å²) in [5, 5.41) is 0. The Labute approximate surface area is 72.3 Å². The summed E-state index contributed by atoms with van der Waals surface area (Å²) in [6, 6.07) is 0. The summed E-state index contributed by atoms with van der Waals surface area (Å²) in [5.74, 6) is 1.01. The van der Waals surface area contributed by atoms with E-state index >= 15 is 0 Å². The molecule has 0 amide bonds. The Hall–Kier alpha value is -0.710. The van der Waals surface area contributed by atoms with Crippen molar-refractivity contribution in [1.29, 1.82) is 0 Å².